The fourth-order valence-corrected chi connectivity index (χ4v) is 3.51. The molecule has 1 saturated heterocycles. The molecule has 168 valence electrons. The molecule has 3 rings (SSSR count). The van der Waals surface area contributed by atoms with Gasteiger partial charge < -0.3 is 20.4 Å². The van der Waals surface area contributed by atoms with Crippen molar-refractivity contribution in [3.63, 3.8) is 0 Å². The number of anilines is 1. The minimum Gasteiger partial charge on any atom is -0.356 e. The molecule has 2 heterocycles. The second kappa shape index (κ2) is 11.8. The molecule has 1 atom stereocenters. The van der Waals surface area contributed by atoms with Crippen LogP contribution < -0.4 is 15.5 Å². The summed E-state index contributed by atoms with van der Waals surface area (Å²) in [5, 5.41) is 6.72. The summed E-state index contributed by atoms with van der Waals surface area (Å²) >= 11 is 0. The van der Waals surface area contributed by atoms with Crippen molar-refractivity contribution in [1.29, 1.82) is 0 Å². The molecule has 1 aromatic carbocycles. The van der Waals surface area contributed by atoms with Crippen molar-refractivity contribution in [3.8, 4) is 0 Å². The Balaban J connectivity index is 0.00000341. The average Bonchev–Trinajstić information content (AvgIpc) is 3.21. The molecule has 1 aliphatic heterocycles. The first-order chi connectivity index (χ1) is 14.5. The highest BCUT2D eigenvalue weighted by Gasteiger charge is 2.25. The predicted octanol–water partition coefficient (Wildman–Crippen LogP) is 2.53. The van der Waals surface area contributed by atoms with Gasteiger partial charge in [-0.1, -0.05) is 12.1 Å². The van der Waals surface area contributed by atoms with Crippen molar-refractivity contribution in [2.75, 3.05) is 45.7 Å². The molecule has 0 radical (unpaired) electrons. The lowest BCUT2D eigenvalue weighted by Gasteiger charge is -2.20. The maximum absolute atomic E-state index is 14.0. The number of benzene rings is 1. The number of rotatable bonds is 6. The minimum atomic E-state index is -0.296. The van der Waals surface area contributed by atoms with Crippen LogP contribution in [0.3, 0.4) is 0 Å². The van der Waals surface area contributed by atoms with Gasteiger partial charge in [-0.2, -0.15) is 0 Å². The first-order valence-electron chi connectivity index (χ1n) is 10.1. The summed E-state index contributed by atoms with van der Waals surface area (Å²) in [4.78, 5) is 24.1. The summed E-state index contributed by atoms with van der Waals surface area (Å²) < 4.78 is 14.0. The van der Waals surface area contributed by atoms with Crippen LogP contribution in [0.25, 0.3) is 0 Å². The Bertz CT molecular complexity index is 907. The first kappa shape index (κ1) is 24.8. The number of carbonyl (C=O) groups is 1. The van der Waals surface area contributed by atoms with E-state index in [-0.39, 0.29) is 41.7 Å². The molecule has 0 saturated carbocycles. The van der Waals surface area contributed by atoms with Gasteiger partial charge in [-0.05, 0) is 42.7 Å². The van der Waals surface area contributed by atoms with Gasteiger partial charge in [0, 0.05) is 58.6 Å². The van der Waals surface area contributed by atoms with Crippen LogP contribution in [0.2, 0.25) is 0 Å². The summed E-state index contributed by atoms with van der Waals surface area (Å²) in [5.41, 5.74) is 1.77. The summed E-state index contributed by atoms with van der Waals surface area (Å²) in [7, 11) is 5.23. The van der Waals surface area contributed by atoms with Crippen molar-refractivity contribution in [2.24, 2.45) is 4.99 Å². The molecule has 1 unspecified atom stereocenters. The van der Waals surface area contributed by atoms with Gasteiger partial charge in [-0.25, -0.2) is 9.37 Å². The lowest BCUT2D eigenvalue weighted by atomic mass is 10.1. The van der Waals surface area contributed by atoms with E-state index in [4.69, 9.17) is 0 Å². The molecule has 0 bridgehead atoms. The maximum Gasteiger partial charge on any atom is 0.253 e. The molecule has 9 heteroatoms. The molecule has 2 aromatic rings. The van der Waals surface area contributed by atoms with Crippen LogP contribution in [0, 0.1) is 5.82 Å². The molecule has 0 spiro atoms. The van der Waals surface area contributed by atoms with Crippen LogP contribution in [0.15, 0.2) is 47.6 Å². The lowest BCUT2D eigenvalue weighted by Crippen LogP contribution is -2.45. The van der Waals surface area contributed by atoms with E-state index >= 15 is 0 Å². The lowest BCUT2D eigenvalue weighted by molar-refractivity contribution is 0.0827. The highest BCUT2D eigenvalue weighted by molar-refractivity contribution is 14.0. The monoisotopic (exact) mass is 540 g/mol. The van der Waals surface area contributed by atoms with Crippen LogP contribution in [0.5, 0.6) is 0 Å². The van der Waals surface area contributed by atoms with Crippen molar-refractivity contribution < 1.29 is 9.18 Å². The fourth-order valence-electron chi connectivity index (χ4n) is 3.51. The van der Waals surface area contributed by atoms with E-state index in [2.05, 4.69) is 20.6 Å². The van der Waals surface area contributed by atoms with Crippen LogP contribution in [0.4, 0.5) is 10.2 Å². The summed E-state index contributed by atoms with van der Waals surface area (Å²) in [6.45, 7) is 2.10. The number of nitrogens with zero attached hydrogens (tertiary/aromatic N) is 4. The van der Waals surface area contributed by atoms with Crippen LogP contribution >= 0.6 is 24.0 Å². The highest BCUT2D eigenvalue weighted by Crippen LogP contribution is 2.20. The summed E-state index contributed by atoms with van der Waals surface area (Å²) in [5.74, 6) is 0.814. The third kappa shape index (κ3) is 6.78. The Morgan fingerprint density at radius 2 is 2.13 bits per heavy atom. The zero-order chi connectivity index (χ0) is 21.5. The number of pyridine rings is 1. The number of hydrogen-bond acceptors (Lipinski definition) is 4. The van der Waals surface area contributed by atoms with E-state index in [1.54, 1.807) is 38.3 Å². The largest absolute Gasteiger partial charge is 0.356 e. The van der Waals surface area contributed by atoms with Crippen LogP contribution in [-0.4, -0.2) is 68.6 Å². The SMILES string of the molecule is CN=C(NCCc1cccc(C(=O)N(C)C)c1)NC1CCN(c2ncccc2F)C1.I. The zero-order valence-corrected chi connectivity index (χ0v) is 20.5. The number of aromatic nitrogens is 1. The van der Waals surface area contributed by atoms with Gasteiger partial charge in [0.1, 0.15) is 0 Å². The smallest absolute Gasteiger partial charge is 0.253 e. The molecular weight excluding hydrogens is 510 g/mol. The molecular formula is C22H30FIN6O. The molecule has 0 aliphatic carbocycles. The second-order valence-corrected chi connectivity index (χ2v) is 7.53. The third-order valence-corrected chi connectivity index (χ3v) is 5.08. The molecule has 7 nitrogen and oxygen atoms in total. The maximum atomic E-state index is 14.0. The van der Waals surface area contributed by atoms with E-state index in [9.17, 15) is 9.18 Å². The van der Waals surface area contributed by atoms with E-state index < -0.39 is 0 Å². The average molecular weight is 540 g/mol. The molecule has 31 heavy (non-hydrogen) atoms. The Labute approximate surface area is 200 Å². The van der Waals surface area contributed by atoms with E-state index in [0.29, 0.717) is 30.4 Å². The van der Waals surface area contributed by atoms with Crippen LogP contribution in [0.1, 0.15) is 22.3 Å². The normalized spacial score (nSPS) is 15.9. The van der Waals surface area contributed by atoms with Crippen LogP contribution in [-0.2, 0) is 6.42 Å². The number of hydrogen-bond donors (Lipinski definition) is 2. The highest BCUT2D eigenvalue weighted by atomic mass is 127. The van der Waals surface area contributed by atoms with E-state index in [0.717, 1.165) is 24.9 Å². The Morgan fingerprint density at radius 1 is 1.32 bits per heavy atom. The molecule has 1 fully saturated rings. The summed E-state index contributed by atoms with van der Waals surface area (Å²) in [6.07, 6.45) is 3.26. The van der Waals surface area contributed by atoms with Crippen molar-refractivity contribution in [2.45, 2.75) is 18.9 Å². The Morgan fingerprint density at radius 3 is 2.84 bits per heavy atom. The summed E-state index contributed by atoms with van der Waals surface area (Å²) in [6, 6.07) is 10.9. The number of carbonyl (C=O) groups excluding carboxylic acids is 1. The minimum absolute atomic E-state index is 0. The number of aliphatic imine (C=N–C) groups is 1. The molecule has 1 aliphatic rings. The van der Waals surface area contributed by atoms with Gasteiger partial charge in [-0.3, -0.25) is 9.79 Å². The fraction of sp³-hybridized carbons (Fsp3) is 0.409. The van der Waals surface area contributed by atoms with Gasteiger partial charge in [-0.15, -0.1) is 24.0 Å². The molecule has 1 aromatic heterocycles. The van der Waals surface area contributed by atoms with Gasteiger partial charge in [0.15, 0.2) is 17.6 Å². The quantitative estimate of drug-likeness (QED) is 0.335. The predicted molar refractivity (Wildman–Crippen MR) is 133 cm³/mol. The van der Waals surface area contributed by atoms with Crippen molar-refractivity contribution in [3.05, 3.63) is 59.5 Å². The second-order valence-electron chi connectivity index (χ2n) is 7.53. The van der Waals surface area contributed by atoms with Gasteiger partial charge in [0.2, 0.25) is 0 Å². The standard InChI is InChI=1S/C22H29FN6O.HI/c1-24-22(26-12-9-16-6-4-7-17(14-16)21(30)28(2)3)27-18-10-13-29(15-18)20-19(23)8-5-11-25-20;/h4-8,11,14,18H,9-10,12-13,15H2,1-3H3,(H2,24,26,27);1H. The van der Waals surface area contributed by atoms with Gasteiger partial charge >= 0.3 is 0 Å². The van der Waals surface area contributed by atoms with Crippen molar-refractivity contribution in [1.82, 2.24) is 20.5 Å². The third-order valence-electron chi connectivity index (χ3n) is 5.08. The van der Waals surface area contributed by atoms with Crippen molar-refractivity contribution >= 4 is 41.7 Å². The topological polar surface area (TPSA) is 72.9 Å². The Hall–Kier alpha value is -2.43. The number of nitrogens with one attached hydrogen (secondary N) is 2. The van der Waals surface area contributed by atoms with E-state index in [1.807, 2.05) is 29.2 Å². The number of guanidine groups is 1. The van der Waals surface area contributed by atoms with E-state index in [1.165, 1.54) is 6.07 Å². The van der Waals surface area contributed by atoms with Gasteiger partial charge in [0.05, 0.1) is 0 Å². The first-order valence-corrected chi connectivity index (χ1v) is 10.1. The van der Waals surface area contributed by atoms with Gasteiger partial charge in [0.25, 0.3) is 5.91 Å². The number of amides is 1. The molecule has 1 amide bonds. The zero-order valence-electron chi connectivity index (χ0n) is 18.1. The molecule has 2 N–H and O–H groups in total. The number of halogens is 2. The Kier molecular flexibility index (Phi) is 9.47.